The molecule has 0 radical (unpaired) electrons. The van der Waals surface area contributed by atoms with Gasteiger partial charge in [0.1, 0.15) is 12.1 Å². The summed E-state index contributed by atoms with van der Waals surface area (Å²) in [6.07, 6.45) is 5.90. The van der Waals surface area contributed by atoms with Gasteiger partial charge in [0.05, 0.1) is 0 Å². The predicted molar refractivity (Wildman–Crippen MR) is 95.0 cm³/mol. The first-order chi connectivity index (χ1) is 11.5. The van der Waals surface area contributed by atoms with Crippen molar-refractivity contribution in [3.63, 3.8) is 0 Å². The molecule has 1 saturated carbocycles. The number of carbonyl (C=O) groups is 1. The summed E-state index contributed by atoms with van der Waals surface area (Å²) in [5.74, 6) is 2.02. The lowest BCUT2D eigenvalue weighted by Gasteiger charge is -2.32. The Morgan fingerprint density at radius 2 is 2.04 bits per heavy atom. The molecule has 2 fully saturated rings. The highest BCUT2D eigenvalue weighted by atomic mass is 16.2. The molecule has 1 aliphatic carbocycles. The van der Waals surface area contributed by atoms with Crippen molar-refractivity contribution in [2.45, 2.75) is 25.7 Å². The summed E-state index contributed by atoms with van der Waals surface area (Å²) in [6.45, 7) is 3.67. The van der Waals surface area contributed by atoms with Crippen LogP contribution in [0.1, 0.15) is 25.0 Å². The monoisotopic (exact) mass is 331 g/mol. The second kappa shape index (κ2) is 7.47. The Bertz CT molecular complexity index is 572. The third kappa shape index (κ3) is 4.04. The third-order valence-corrected chi connectivity index (χ3v) is 5.23. The van der Waals surface area contributed by atoms with Crippen molar-refractivity contribution in [1.29, 1.82) is 0 Å². The Kier molecular flexibility index (Phi) is 5.33. The minimum atomic E-state index is 0.286. The molecule has 0 bridgehead atoms. The Balaban J connectivity index is 1.68. The average molecular weight is 331 g/mol. The smallest absolute Gasteiger partial charge is 0.225 e. The molecule has 1 amide bonds. The molecule has 1 aliphatic heterocycles. The zero-order valence-corrected chi connectivity index (χ0v) is 15.1. The molecule has 1 aromatic heterocycles. The summed E-state index contributed by atoms with van der Waals surface area (Å²) < 4.78 is 0. The summed E-state index contributed by atoms with van der Waals surface area (Å²) in [7, 11) is 6.13. The fourth-order valence-corrected chi connectivity index (χ4v) is 3.56. The minimum Gasteiger partial charge on any atom is -0.363 e. The lowest BCUT2D eigenvalue weighted by Crippen LogP contribution is -2.42. The van der Waals surface area contributed by atoms with Crippen molar-refractivity contribution < 1.29 is 4.79 Å². The van der Waals surface area contributed by atoms with Crippen LogP contribution in [0.25, 0.3) is 0 Å². The number of hydrogen-bond donors (Lipinski definition) is 0. The van der Waals surface area contributed by atoms with Crippen LogP contribution in [0.15, 0.2) is 12.4 Å². The molecule has 1 unspecified atom stereocenters. The van der Waals surface area contributed by atoms with Gasteiger partial charge in [0.2, 0.25) is 5.91 Å². The normalized spacial score (nSPS) is 22.8. The summed E-state index contributed by atoms with van der Waals surface area (Å²) in [4.78, 5) is 27.8. The van der Waals surface area contributed by atoms with Crippen LogP contribution in [0.5, 0.6) is 0 Å². The predicted octanol–water partition coefficient (Wildman–Crippen LogP) is 1.28. The molecule has 3 rings (SSSR count). The quantitative estimate of drug-likeness (QED) is 0.832. The third-order valence-electron chi connectivity index (χ3n) is 5.23. The van der Waals surface area contributed by atoms with Crippen molar-refractivity contribution in [3.8, 4) is 0 Å². The molecule has 132 valence electrons. The summed E-state index contributed by atoms with van der Waals surface area (Å²) >= 11 is 0. The first-order valence-corrected chi connectivity index (χ1v) is 8.98. The van der Waals surface area contributed by atoms with Crippen molar-refractivity contribution in [2.75, 3.05) is 52.2 Å². The molecule has 24 heavy (non-hydrogen) atoms. The second-order valence-electron chi connectivity index (χ2n) is 7.51. The molecule has 1 saturated heterocycles. The molecule has 6 nitrogen and oxygen atoms in total. The van der Waals surface area contributed by atoms with Gasteiger partial charge in [0.25, 0.3) is 0 Å². The molecule has 2 heterocycles. The number of anilines is 1. The Morgan fingerprint density at radius 3 is 2.71 bits per heavy atom. The number of aromatic nitrogens is 2. The number of hydrogen-bond acceptors (Lipinski definition) is 5. The lowest BCUT2D eigenvalue weighted by molar-refractivity contribution is -0.138. The lowest BCUT2D eigenvalue weighted by atomic mass is 9.84. The Hall–Kier alpha value is -1.69. The fourth-order valence-electron chi connectivity index (χ4n) is 3.56. The molecule has 1 atom stereocenters. The second-order valence-corrected chi connectivity index (χ2v) is 7.51. The van der Waals surface area contributed by atoms with Crippen molar-refractivity contribution in [3.05, 3.63) is 18.1 Å². The molecule has 2 aliphatic rings. The van der Waals surface area contributed by atoms with E-state index in [1.54, 1.807) is 6.33 Å². The number of nitrogens with zero attached hydrogens (tertiary/aromatic N) is 5. The summed E-state index contributed by atoms with van der Waals surface area (Å²) in [6, 6.07) is 2.06. The minimum absolute atomic E-state index is 0.286. The maximum Gasteiger partial charge on any atom is 0.225 e. The zero-order valence-electron chi connectivity index (χ0n) is 15.1. The van der Waals surface area contributed by atoms with Gasteiger partial charge in [-0.3, -0.25) is 4.79 Å². The maximum atomic E-state index is 12.7. The molecular weight excluding hydrogens is 302 g/mol. The van der Waals surface area contributed by atoms with E-state index in [1.165, 1.54) is 6.42 Å². The van der Waals surface area contributed by atoms with Crippen LogP contribution in [0.4, 0.5) is 5.82 Å². The Morgan fingerprint density at radius 1 is 1.25 bits per heavy atom. The number of carbonyl (C=O) groups excluding carboxylic acids is 1. The van der Waals surface area contributed by atoms with Crippen molar-refractivity contribution in [2.24, 2.45) is 11.8 Å². The number of likely N-dealkylation sites (N-methyl/N-ethyl adjacent to an activating group) is 1. The molecule has 0 spiro atoms. The fraction of sp³-hybridized carbons (Fsp3) is 0.722. The van der Waals surface area contributed by atoms with Crippen LogP contribution in [0.3, 0.4) is 0 Å². The van der Waals surface area contributed by atoms with Crippen LogP contribution in [-0.4, -0.2) is 73.0 Å². The van der Waals surface area contributed by atoms with Gasteiger partial charge >= 0.3 is 0 Å². The van der Waals surface area contributed by atoms with Crippen LogP contribution in [0.2, 0.25) is 0 Å². The van der Waals surface area contributed by atoms with E-state index in [0.717, 1.165) is 57.0 Å². The first-order valence-electron chi connectivity index (χ1n) is 8.98. The van der Waals surface area contributed by atoms with E-state index in [9.17, 15) is 4.79 Å². The molecule has 0 aromatic carbocycles. The van der Waals surface area contributed by atoms with E-state index >= 15 is 0 Å². The van der Waals surface area contributed by atoms with Gasteiger partial charge in [-0.2, -0.15) is 0 Å². The maximum absolute atomic E-state index is 12.7. The van der Waals surface area contributed by atoms with Gasteiger partial charge in [-0.05, 0) is 32.2 Å². The van der Waals surface area contributed by atoms with E-state index in [4.69, 9.17) is 0 Å². The SMILES string of the molecule is CN1CCN(C(=O)C2CCC2)CC(Cc2cc(N(C)C)ncn2)C1. The highest BCUT2D eigenvalue weighted by Crippen LogP contribution is 2.29. The van der Waals surface area contributed by atoms with E-state index in [0.29, 0.717) is 11.8 Å². The zero-order chi connectivity index (χ0) is 17.1. The van der Waals surface area contributed by atoms with Gasteiger partial charge in [0, 0.05) is 58.0 Å². The van der Waals surface area contributed by atoms with E-state index in [-0.39, 0.29) is 5.92 Å². The van der Waals surface area contributed by atoms with Crippen molar-refractivity contribution >= 4 is 11.7 Å². The van der Waals surface area contributed by atoms with Crippen molar-refractivity contribution in [1.82, 2.24) is 19.8 Å². The van der Waals surface area contributed by atoms with E-state index in [2.05, 4.69) is 32.9 Å². The van der Waals surface area contributed by atoms with Crippen LogP contribution >= 0.6 is 0 Å². The van der Waals surface area contributed by atoms with E-state index < -0.39 is 0 Å². The summed E-state index contributed by atoms with van der Waals surface area (Å²) in [5.41, 5.74) is 1.06. The van der Waals surface area contributed by atoms with E-state index in [1.807, 2.05) is 19.0 Å². The van der Waals surface area contributed by atoms with Crippen LogP contribution in [-0.2, 0) is 11.2 Å². The van der Waals surface area contributed by atoms with Gasteiger partial charge in [-0.25, -0.2) is 9.97 Å². The summed E-state index contributed by atoms with van der Waals surface area (Å²) in [5, 5.41) is 0. The number of amides is 1. The molecule has 0 N–H and O–H groups in total. The largest absolute Gasteiger partial charge is 0.363 e. The van der Waals surface area contributed by atoms with Gasteiger partial charge in [-0.1, -0.05) is 6.42 Å². The average Bonchev–Trinajstić information content (AvgIpc) is 2.67. The Labute approximate surface area is 144 Å². The first kappa shape index (κ1) is 17.1. The topological polar surface area (TPSA) is 52.6 Å². The molecule has 6 heteroatoms. The van der Waals surface area contributed by atoms with Crippen LogP contribution in [0, 0.1) is 11.8 Å². The van der Waals surface area contributed by atoms with Crippen LogP contribution < -0.4 is 4.90 Å². The standard InChI is InChI=1S/C18H29N5O/c1-21(2)17-10-16(19-13-20-17)9-14-11-22(3)7-8-23(12-14)18(24)15-5-4-6-15/h10,13-15H,4-9,11-12H2,1-3H3. The highest BCUT2D eigenvalue weighted by Gasteiger charge is 2.32. The molecule has 1 aromatic rings. The van der Waals surface area contributed by atoms with Gasteiger partial charge < -0.3 is 14.7 Å². The van der Waals surface area contributed by atoms with Gasteiger partial charge in [-0.15, -0.1) is 0 Å². The number of rotatable bonds is 4. The highest BCUT2D eigenvalue weighted by molar-refractivity contribution is 5.79. The molecular formula is C18H29N5O. The van der Waals surface area contributed by atoms with Gasteiger partial charge in [0.15, 0.2) is 0 Å².